The van der Waals surface area contributed by atoms with Gasteiger partial charge in [-0.3, -0.25) is 19.8 Å². The number of likely N-dealkylation sites (tertiary alicyclic amines) is 1. The lowest BCUT2D eigenvalue weighted by Crippen LogP contribution is -2.43. The molecular weight excluding hydrogens is 272 g/mol. The van der Waals surface area contributed by atoms with Crippen molar-refractivity contribution in [3.05, 3.63) is 39.9 Å². The monoisotopic (exact) mass is 292 g/mol. The van der Waals surface area contributed by atoms with Crippen LogP contribution >= 0.6 is 0 Å². The second-order valence-corrected chi connectivity index (χ2v) is 5.60. The van der Waals surface area contributed by atoms with E-state index in [1.807, 2.05) is 6.92 Å². The molecule has 0 saturated carbocycles. The molecule has 1 fully saturated rings. The molecule has 1 aromatic carbocycles. The molecular formula is C15H20N2O4. The number of nitro groups is 1. The molecule has 0 unspecified atom stereocenters. The molecule has 114 valence electrons. The number of hydrogen-bond acceptors (Lipinski definition) is 4. The molecule has 0 atom stereocenters. The zero-order valence-electron chi connectivity index (χ0n) is 12.1. The zero-order valence-corrected chi connectivity index (χ0v) is 12.1. The van der Waals surface area contributed by atoms with Gasteiger partial charge in [0.15, 0.2) is 0 Å². The average Bonchev–Trinajstić information content (AvgIpc) is 2.48. The number of carbonyl (C=O) groups is 1. The number of benzene rings is 1. The van der Waals surface area contributed by atoms with Crippen LogP contribution in [0.5, 0.6) is 0 Å². The SMILES string of the molecule is CCC1(C(=O)O)CCN(Cc2ccccc2[N+](=O)[O-])CC1. The molecule has 1 saturated heterocycles. The van der Waals surface area contributed by atoms with Gasteiger partial charge in [0.1, 0.15) is 0 Å². The Morgan fingerprint density at radius 3 is 2.52 bits per heavy atom. The molecule has 1 aliphatic rings. The van der Waals surface area contributed by atoms with E-state index in [1.54, 1.807) is 18.2 Å². The van der Waals surface area contributed by atoms with Crippen LogP contribution in [0.4, 0.5) is 5.69 Å². The number of nitrogens with zero attached hydrogens (tertiary/aromatic N) is 2. The maximum absolute atomic E-state index is 11.4. The molecule has 2 rings (SSSR count). The molecule has 1 aliphatic heterocycles. The van der Waals surface area contributed by atoms with Gasteiger partial charge in [-0.15, -0.1) is 0 Å². The Morgan fingerprint density at radius 2 is 2.00 bits per heavy atom. The van der Waals surface area contributed by atoms with Gasteiger partial charge in [-0.2, -0.15) is 0 Å². The normalized spacial score (nSPS) is 18.3. The van der Waals surface area contributed by atoms with Crippen molar-refractivity contribution >= 4 is 11.7 Å². The Morgan fingerprint density at radius 1 is 1.38 bits per heavy atom. The van der Waals surface area contributed by atoms with Crippen LogP contribution in [0.1, 0.15) is 31.7 Å². The number of piperidine rings is 1. The highest BCUT2D eigenvalue weighted by Gasteiger charge is 2.39. The third-order valence-corrected chi connectivity index (χ3v) is 4.53. The van der Waals surface area contributed by atoms with Gasteiger partial charge in [0.25, 0.3) is 5.69 Å². The lowest BCUT2D eigenvalue weighted by molar-refractivity contribution is -0.385. The first-order valence-electron chi connectivity index (χ1n) is 7.16. The van der Waals surface area contributed by atoms with Crippen molar-refractivity contribution in [1.29, 1.82) is 0 Å². The summed E-state index contributed by atoms with van der Waals surface area (Å²) in [6.07, 6.45) is 1.82. The number of rotatable bonds is 5. The van der Waals surface area contributed by atoms with E-state index in [0.29, 0.717) is 44.5 Å². The predicted molar refractivity (Wildman–Crippen MR) is 78.0 cm³/mol. The minimum absolute atomic E-state index is 0.128. The van der Waals surface area contributed by atoms with Crippen LogP contribution in [0, 0.1) is 15.5 Å². The Balaban J connectivity index is 2.04. The third kappa shape index (κ3) is 3.21. The van der Waals surface area contributed by atoms with Gasteiger partial charge in [-0.25, -0.2) is 0 Å². The summed E-state index contributed by atoms with van der Waals surface area (Å²) in [6, 6.07) is 6.72. The van der Waals surface area contributed by atoms with E-state index in [2.05, 4.69) is 4.90 Å². The second kappa shape index (κ2) is 6.22. The molecule has 1 N–H and O–H groups in total. The zero-order chi connectivity index (χ0) is 15.5. The number of aliphatic carboxylic acids is 1. The number of carboxylic acids is 1. The average molecular weight is 292 g/mol. The van der Waals surface area contributed by atoms with Crippen LogP contribution in [-0.4, -0.2) is 34.0 Å². The Kier molecular flexibility index (Phi) is 4.57. The van der Waals surface area contributed by atoms with Crippen LogP contribution in [0.3, 0.4) is 0 Å². The van der Waals surface area contributed by atoms with Crippen LogP contribution in [0.15, 0.2) is 24.3 Å². The summed E-state index contributed by atoms with van der Waals surface area (Å²) in [5.74, 6) is -0.727. The lowest BCUT2D eigenvalue weighted by Gasteiger charge is -2.38. The van der Waals surface area contributed by atoms with Gasteiger partial charge in [0.2, 0.25) is 0 Å². The molecule has 0 radical (unpaired) electrons. The van der Waals surface area contributed by atoms with E-state index in [4.69, 9.17) is 0 Å². The molecule has 0 bridgehead atoms. The van der Waals surface area contributed by atoms with Crippen molar-refractivity contribution in [2.75, 3.05) is 13.1 Å². The largest absolute Gasteiger partial charge is 0.481 e. The first kappa shape index (κ1) is 15.4. The topological polar surface area (TPSA) is 83.7 Å². The van der Waals surface area contributed by atoms with Crippen molar-refractivity contribution in [3.8, 4) is 0 Å². The summed E-state index contributed by atoms with van der Waals surface area (Å²) in [7, 11) is 0. The molecule has 0 aromatic heterocycles. The molecule has 21 heavy (non-hydrogen) atoms. The summed E-state index contributed by atoms with van der Waals surface area (Å²) in [5.41, 5.74) is 0.184. The number of hydrogen-bond donors (Lipinski definition) is 1. The first-order chi connectivity index (χ1) is 9.98. The van der Waals surface area contributed by atoms with E-state index in [9.17, 15) is 20.0 Å². The highest BCUT2D eigenvalue weighted by molar-refractivity contribution is 5.74. The molecule has 0 amide bonds. The van der Waals surface area contributed by atoms with E-state index in [-0.39, 0.29) is 10.6 Å². The minimum atomic E-state index is -0.727. The smallest absolute Gasteiger partial charge is 0.309 e. The maximum Gasteiger partial charge on any atom is 0.309 e. The molecule has 6 nitrogen and oxygen atoms in total. The Labute approximate surface area is 123 Å². The van der Waals surface area contributed by atoms with Crippen molar-refractivity contribution in [2.24, 2.45) is 5.41 Å². The summed E-state index contributed by atoms with van der Waals surface area (Å²) in [6.45, 7) is 3.72. The summed E-state index contributed by atoms with van der Waals surface area (Å²) >= 11 is 0. The number of para-hydroxylation sites is 1. The van der Waals surface area contributed by atoms with Gasteiger partial charge in [0, 0.05) is 18.2 Å². The fourth-order valence-electron chi connectivity index (χ4n) is 2.92. The second-order valence-electron chi connectivity index (χ2n) is 5.60. The van der Waals surface area contributed by atoms with Crippen molar-refractivity contribution in [1.82, 2.24) is 4.90 Å². The quantitative estimate of drug-likeness (QED) is 0.666. The molecule has 1 aromatic rings. The van der Waals surface area contributed by atoms with E-state index >= 15 is 0 Å². The summed E-state index contributed by atoms with van der Waals surface area (Å²) < 4.78 is 0. The molecule has 6 heteroatoms. The molecule has 0 spiro atoms. The maximum atomic E-state index is 11.4. The van der Waals surface area contributed by atoms with Crippen molar-refractivity contribution in [3.63, 3.8) is 0 Å². The highest BCUT2D eigenvalue weighted by atomic mass is 16.6. The van der Waals surface area contributed by atoms with E-state index in [1.165, 1.54) is 6.07 Å². The van der Waals surface area contributed by atoms with Gasteiger partial charge in [-0.1, -0.05) is 25.1 Å². The lowest BCUT2D eigenvalue weighted by atomic mass is 9.76. The Hall–Kier alpha value is -1.95. The fraction of sp³-hybridized carbons (Fsp3) is 0.533. The van der Waals surface area contributed by atoms with Crippen LogP contribution in [-0.2, 0) is 11.3 Å². The molecule has 0 aliphatic carbocycles. The minimum Gasteiger partial charge on any atom is -0.481 e. The van der Waals surface area contributed by atoms with Crippen LogP contribution in [0.2, 0.25) is 0 Å². The summed E-state index contributed by atoms with van der Waals surface area (Å²) in [5, 5.41) is 20.4. The first-order valence-corrected chi connectivity index (χ1v) is 7.16. The van der Waals surface area contributed by atoms with Crippen molar-refractivity contribution < 1.29 is 14.8 Å². The summed E-state index contributed by atoms with van der Waals surface area (Å²) in [4.78, 5) is 24.1. The van der Waals surface area contributed by atoms with Crippen LogP contribution in [0.25, 0.3) is 0 Å². The highest BCUT2D eigenvalue weighted by Crippen LogP contribution is 2.35. The standard InChI is InChI=1S/C15H20N2O4/c1-2-15(14(18)19)7-9-16(10-8-15)11-12-5-3-4-6-13(12)17(20)21/h3-6H,2,7-11H2,1H3,(H,18,19). The Bertz CT molecular complexity index is 536. The van der Waals surface area contributed by atoms with Gasteiger partial charge in [-0.05, 0) is 32.4 Å². The van der Waals surface area contributed by atoms with E-state index in [0.717, 1.165) is 0 Å². The van der Waals surface area contributed by atoms with Crippen molar-refractivity contribution in [2.45, 2.75) is 32.7 Å². The fourth-order valence-corrected chi connectivity index (χ4v) is 2.92. The molecule has 1 heterocycles. The number of nitro benzene ring substituents is 1. The van der Waals surface area contributed by atoms with E-state index < -0.39 is 11.4 Å². The van der Waals surface area contributed by atoms with Gasteiger partial charge in [0.05, 0.1) is 10.3 Å². The predicted octanol–water partition coefficient (Wildman–Crippen LogP) is 2.67. The third-order valence-electron chi connectivity index (χ3n) is 4.53. The van der Waals surface area contributed by atoms with Gasteiger partial charge >= 0.3 is 5.97 Å². The van der Waals surface area contributed by atoms with Crippen LogP contribution < -0.4 is 0 Å². The number of carboxylic acid groups (broad SMARTS) is 1. The van der Waals surface area contributed by atoms with Gasteiger partial charge < -0.3 is 5.11 Å².